The summed E-state index contributed by atoms with van der Waals surface area (Å²) in [6.07, 6.45) is 0. The van der Waals surface area contributed by atoms with Crippen LogP contribution in [0.5, 0.6) is 0 Å². The van der Waals surface area contributed by atoms with Gasteiger partial charge in [0.15, 0.2) is 0 Å². The van der Waals surface area contributed by atoms with E-state index in [1.807, 2.05) is 18.2 Å². The van der Waals surface area contributed by atoms with Crippen molar-refractivity contribution in [2.75, 3.05) is 45.3 Å². The van der Waals surface area contributed by atoms with Crippen LogP contribution in [0, 0.1) is 0 Å². The van der Waals surface area contributed by atoms with Crippen LogP contribution in [0.3, 0.4) is 0 Å². The Labute approximate surface area is 109 Å². The van der Waals surface area contributed by atoms with Crippen molar-refractivity contribution < 1.29 is 16.9 Å². The van der Waals surface area contributed by atoms with Crippen LogP contribution in [-0.4, -0.2) is 38.7 Å². The van der Waals surface area contributed by atoms with Crippen molar-refractivity contribution in [2.45, 2.75) is 0 Å². The van der Waals surface area contributed by atoms with E-state index >= 15 is 0 Å². The molecule has 0 atom stereocenters. The topological polar surface area (TPSA) is 38.0 Å². The number of para-hydroxylation sites is 1. The van der Waals surface area contributed by atoms with Crippen molar-refractivity contribution in [1.82, 2.24) is 0 Å². The zero-order valence-corrected chi connectivity index (χ0v) is 11.4. The summed E-state index contributed by atoms with van der Waals surface area (Å²) in [7, 11) is 6.45. The van der Waals surface area contributed by atoms with Crippen LogP contribution < -0.4 is 23.5 Å². The van der Waals surface area contributed by atoms with E-state index in [0.29, 0.717) is 10.7 Å². The molecule has 92 valence electrons. The minimum Gasteiger partial charge on any atom is -1.00 e. The molecule has 1 rings (SSSR count). The number of hydrogen-bond acceptors (Lipinski definition) is 2. The lowest BCUT2D eigenvalue weighted by atomic mass is 10.2. The number of halogens is 2. The highest BCUT2D eigenvalue weighted by molar-refractivity contribution is 6.33. The molecule has 0 aromatic heterocycles. The van der Waals surface area contributed by atoms with Gasteiger partial charge in [0, 0.05) is 0 Å². The Morgan fingerprint density at radius 2 is 1.94 bits per heavy atom. The fourth-order valence-corrected chi connectivity index (χ4v) is 1.49. The molecular formula is C11H19Cl2N3. The molecule has 0 aliphatic rings. The van der Waals surface area contributed by atoms with Crippen LogP contribution in [0.2, 0.25) is 5.02 Å². The number of rotatable bonds is 4. The van der Waals surface area contributed by atoms with Gasteiger partial charge >= 0.3 is 0 Å². The molecule has 1 aromatic rings. The smallest absolute Gasteiger partial charge is 0.0955 e. The Kier molecular flexibility index (Phi) is 5.94. The highest BCUT2D eigenvalue weighted by Crippen LogP contribution is 2.27. The molecule has 3 nitrogen and oxygen atoms in total. The number of nitrogens with zero attached hydrogens (tertiary/aromatic N) is 1. The molecule has 0 heterocycles. The van der Waals surface area contributed by atoms with Crippen LogP contribution in [0.15, 0.2) is 18.2 Å². The van der Waals surface area contributed by atoms with E-state index in [9.17, 15) is 0 Å². The molecule has 0 unspecified atom stereocenters. The van der Waals surface area contributed by atoms with Crippen LogP contribution >= 0.6 is 11.6 Å². The third kappa shape index (κ3) is 4.92. The number of nitrogens with one attached hydrogen (secondary N) is 1. The lowest BCUT2D eigenvalue weighted by Crippen LogP contribution is -3.00. The first-order valence-electron chi connectivity index (χ1n) is 4.98. The largest absolute Gasteiger partial charge is 1.00 e. The van der Waals surface area contributed by atoms with Gasteiger partial charge in [-0.2, -0.15) is 0 Å². The number of nitrogen functional groups attached to an aromatic ring is 1. The second-order valence-corrected chi connectivity index (χ2v) is 5.05. The molecule has 0 spiro atoms. The highest BCUT2D eigenvalue weighted by atomic mass is 35.5. The van der Waals surface area contributed by atoms with Crippen LogP contribution in [0.4, 0.5) is 11.4 Å². The van der Waals surface area contributed by atoms with Gasteiger partial charge in [-0.15, -0.1) is 0 Å². The van der Waals surface area contributed by atoms with Crippen molar-refractivity contribution in [3.8, 4) is 0 Å². The molecule has 0 saturated heterocycles. The molecule has 0 radical (unpaired) electrons. The standard InChI is InChI=1S/C11H19ClN3.ClH/c1-15(2,3)8-7-14-11-9(12)5-4-6-10(11)13;/h4-6,14H,7-8,13H2,1-3H3;1H/q+1;/p-1. The molecule has 0 amide bonds. The van der Waals surface area contributed by atoms with Gasteiger partial charge in [0.05, 0.1) is 50.6 Å². The Morgan fingerprint density at radius 3 is 2.44 bits per heavy atom. The van der Waals surface area contributed by atoms with Crippen molar-refractivity contribution in [1.29, 1.82) is 0 Å². The minimum absolute atomic E-state index is 0. The zero-order valence-electron chi connectivity index (χ0n) is 9.93. The Bertz CT molecular complexity index is 314. The van der Waals surface area contributed by atoms with Crippen molar-refractivity contribution in [2.24, 2.45) is 0 Å². The maximum absolute atomic E-state index is 6.03. The van der Waals surface area contributed by atoms with Crippen molar-refractivity contribution in [3.05, 3.63) is 23.2 Å². The third-order valence-corrected chi connectivity index (χ3v) is 2.45. The quantitative estimate of drug-likeness (QED) is 0.543. The summed E-state index contributed by atoms with van der Waals surface area (Å²) in [5.74, 6) is 0. The predicted octanol–water partition coefficient (Wildman–Crippen LogP) is -0.956. The molecule has 3 N–H and O–H groups in total. The first-order valence-corrected chi connectivity index (χ1v) is 5.36. The van der Waals surface area contributed by atoms with Gasteiger partial charge in [-0.3, -0.25) is 0 Å². The van der Waals surface area contributed by atoms with E-state index in [0.717, 1.165) is 23.3 Å². The van der Waals surface area contributed by atoms with Crippen LogP contribution in [-0.2, 0) is 0 Å². The third-order valence-electron chi connectivity index (χ3n) is 2.13. The number of hydrogen-bond donors (Lipinski definition) is 2. The maximum Gasteiger partial charge on any atom is 0.0955 e. The average molecular weight is 264 g/mol. The second kappa shape index (κ2) is 6.18. The van der Waals surface area contributed by atoms with Crippen LogP contribution in [0.25, 0.3) is 0 Å². The highest BCUT2D eigenvalue weighted by Gasteiger charge is 2.08. The van der Waals surface area contributed by atoms with Crippen LogP contribution in [0.1, 0.15) is 0 Å². The summed E-state index contributed by atoms with van der Waals surface area (Å²) in [5, 5.41) is 3.94. The molecule has 0 aliphatic heterocycles. The first-order chi connectivity index (χ1) is 6.90. The van der Waals surface area contributed by atoms with Crippen molar-refractivity contribution >= 4 is 23.0 Å². The van der Waals surface area contributed by atoms with Gasteiger partial charge in [0.2, 0.25) is 0 Å². The number of anilines is 2. The number of nitrogens with two attached hydrogens (primary N) is 1. The second-order valence-electron chi connectivity index (χ2n) is 4.64. The Hall–Kier alpha value is -0.640. The van der Waals surface area contributed by atoms with Gasteiger partial charge in [-0.05, 0) is 12.1 Å². The molecule has 1 aromatic carbocycles. The average Bonchev–Trinajstić information content (AvgIpc) is 2.08. The molecule has 16 heavy (non-hydrogen) atoms. The monoisotopic (exact) mass is 263 g/mol. The lowest BCUT2D eigenvalue weighted by molar-refractivity contribution is -0.868. The summed E-state index contributed by atoms with van der Waals surface area (Å²) in [6, 6.07) is 5.54. The van der Waals surface area contributed by atoms with E-state index in [4.69, 9.17) is 17.3 Å². The van der Waals surface area contributed by atoms with Gasteiger partial charge in [-0.25, -0.2) is 0 Å². The van der Waals surface area contributed by atoms with Gasteiger partial charge in [0.1, 0.15) is 0 Å². The molecule has 0 bridgehead atoms. The molecule has 0 aliphatic carbocycles. The summed E-state index contributed by atoms with van der Waals surface area (Å²) in [6.45, 7) is 1.88. The van der Waals surface area contributed by atoms with E-state index in [1.54, 1.807) is 0 Å². The van der Waals surface area contributed by atoms with E-state index in [1.165, 1.54) is 0 Å². The Balaban J connectivity index is 0.00000225. The SMILES string of the molecule is C[N+](C)(C)CCNc1c(N)cccc1Cl.[Cl-]. The van der Waals surface area contributed by atoms with E-state index < -0.39 is 0 Å². The first kappa shape index (κ1) is 15.4. The fraction of sp³-hybridized carbons (Fsp3) is 0.455. The number of quaternary nitrogens is 1. The summed E-state index contributed by atoms with van der Waals surface area (Å²) >= 11 is 6.03. The number of benzene rings is 1. The molecular weight excluding hydrogens is 245 g/mol. The lowest BCUT2D eigenvalue weighted by Gasteiger charge is -2.24. The summed E-state index contributed by atoms with van der Waals surface area (Å²) in [4.78, 5) is 0. The van der Waals surface area contributed by atoms with E-state index in [2.05, 4.69) is 26.5 Å². The predicted molar refractivity (Wildman–Crippen MR) is 67.3 cm³/mol. The molecule has 5 heteroatoms. The Morgan fingerprint density at radius 1 is 1.31 bits per heavy atom. The summed E-state index contributed by atoms with van der Waals surface area (Å²) < 4.78 is 0.914. The summed E-state index contributed by atoms with van der Waals surface area (Å²) in [5.41, 5.74) is 7.36. The zero-order chi connectivity index (χ0) is 11.5. The molecule has 0 saturated carbocycles. The van der Waals surface area contributed by atoms with Gasteiger partial charge < -0.3 is 27.9 Å². The molecule has 0 fully saturated rings. The van der Waals surface area contributed by atoms with Gasteiger partial charge in [0.25, 0.3) is 0 Å². The van der Waals surface area contributed by atoms with E-state index in [-0.39, 0.29) is 12.4 Å². The van der Waals surface area contributed by atoms with Gasteiger partial charge in [-0.1, -0.05) is 17.7 Å². The number of likely N-dealkylation sites (N-methyl/N-ethyl adjacent to an activating group) is 1. The fourth-order valence-electron chi connectivity index (χ4n) is 1.24. The minimum atomic E-state index is 0. The maximum atomic E-state index is 6.03. The normalized spacial score (nSPS) is 10.8. The van der Waals surface area contributed by atoms with Crippen molar-refractivity contribution in [3.63, 3.8) is 0 Å².